The van der Waals surface area contributed by atoms with Gasteiger partial charge in [0.25, 0.3) is 0 Å². The van der Waals surface area contributed by atoms with Crippen molar-refractivity contribution in [1.82, 2.24) is 0 Å². The SMILES string of the molecule is CC(C)CCC(=O)C1(C)CCCCO1. The van der Waals surface area contributed by atoms with Crippen LogP contribution in [0.4, 0.5) is 0 Å². The first-order valence-corrected chi connectivity index (χ1v) is 5.72. The molecule has 0 aliphatic carbocycles. The summed E-state index contributed by atoms with van der Waals surface area (Å²) in [7, 11) is 0. The van der Waals surface area contributed by atoms with Crippen LogP contribution in [0.3, 0.4) is 0 Å². The summed E-state index contributed by atoms with van der Waals surface area (Å²) in [5, 5.41) is 0. The number of carbonyl (C=O) groups excluding carboxylic acids is 1. The fourth-order valence-corrected chi connectivity index (χ4v) is 1.84. The topological polar surface area (TPSA) is 26.3 Å². The van der Waals surface area contributed by atoms with Crippen molar-refractivity contribution in [3.8, 4) is 0 Å². The van der Waals surface area contributed by atoms with Crippen LogP contribution in [0.2, 0.25) is 0 Å². The Labute approximate surface area is 87.0 Å². The minimum atomic E-state index is -0.465. The van der Waals surface area contributed by atoms with Gasteiger partial charge < -0.3 is 4.74 Å². The number of rotatable bonds is 4. The zero-order valence-electron chi connectivity index (χ0n) is 9.64. The Hall–Kier alpha value is -0.370. The van der Waals surface area contributed by atoms with Crippen LogP contribution in [0.1, 0.15) is 52.9 Å². The minimum Gasteiger partial charge on any atom is -0.368 e. The van der Waals surface area contributed by atoms with E-state index in [1.54, 1.807) is 0 Å². The fourth-order valence-electron chi connectivity index (χ4n) is 1.84. The maximum atomic E-state index is 11.9. The summed E-state index contributed by atoms with van der Waals surface area (Å²) < 4.78 is 5.61. The number of hydrogen-bond donors (Lipinski definition) is 0. The van der Waals surface area contributed by atoms with Crippen LogP contribution in [-0.4, -0.2) is 18.0 Å². The monoisotopic (exact) mass is 198 g/mol. The molecule has 0 saturated carbocycles. The predicted octanol–water partition coefficient (Wildman–Crippen LogP) is 2.95. The summed E-state index contributed by atoms with van der Waals surface area (Å²) in [4.78, 5) is 11.9. The van der Waals surface area contributed by atoms with E-state index in [9.17, 15) is 4.79 Å². The van der Waals surface area contributed by atoms with Crippen molar-refractivity contribution in [2.45, 2.75) is 58.5 Å². The number of ether oxygens (including phenoxy) is 1. The molecule has 0 aromatic carbocycles. The molecule has 1 heterocycles. The van der Waals surface area contributed by atoms with Crippen molar-refractivity contribution in [2.75, 3.05) is 6.61 Å². The van der Waals surface area contributed by atoms with Crippen molar-refractivity contribution >= 4 is 5.78 Å². The zero-order valence-corrected chi connectivity index (χ0v) is 9.64. The molecule has 1 aliphatic rings. The van der Waals surface area contributed by atoms with Crippen LogP contribution in [0.25, 0.3) is 0 Å². The van der Waals surface area contributed by atoms with Gasteiger partial charge in [0.2, 0.25) is 0 Å². The van der Waals surface area contributed by atoms with Crippen molar-refractivity contribution in [3.05, 3.63) is 0 Å². The average molecular weight is 198 g/mol. The third-order valence-electron chi connectivity index (χ3n) is 3.01. The maximum Gasteiger partial charge on any atom is 0.164 e. The van der Waals surface area contributed by atoms with Crippen molar-refractivity contribution in [3.63, 3.8) is 0 Å². The van der Waals surface area contributed by atoms with E-state index in [1.807, 2.05) is 6.92 Å². The molecule has 2 nitrogen and oxygen atoms in total. The molecule has 0 N–H and O–H groups in total. The molecule has 0 amide bonds. The van der Waals surface area contributed by atoms with Crippen LogP contribution >= 0.6 is 0 Å². The average Bonchev–Trinajstić information content (AvgIpc) is 2.15. The number of carbonyl (C=O) groups is 1. The first-order chi connectivity index (χ1) is 6.54. The van der Waals surface area contributed by atoms with Gasteiger partial charge >= 0.3 is 0 Å². The lowest BCUT2D eigenvalue weighted by Crippen LogP contribution is -2.41. The van der Waals surface area contributed by atoms with Crippen molar-refractivity contribution < 1.29 is 9.53 Å². The van der Waals surface area contributed by atoms with E-state index >= 15 is 0 Å². The highest BCUT2D eigenvalue weighted by Crippen LogP contribution is 2.27. The lowest BCUT2D eigenvalue weighted by molar-refractivity contribution is -0.148. The maximum absolute atomic E-state index is 11.9. The van der Waals surface area contributed by atoms with Crippen molar-refractivity contribution in [2.24, 2.45) is 5.92 Å². The molecule has 0 bridgehead atoms. The first kappa shape index (κ1) is 11.7. The van der Waals surface area contributed by atoms with E-state index in [1.165, 1.54) is 0 Å². The van der Waals surface area contributed by atoms with Gasteiger partial charge in [-0.15, -0.1) is 0 Å². The number of ketones is 1. The summed E-state index contributed by atoms with van der Waals surface area (Å²) in [6, 6.07) is 0. The Kier molecular flexibility index (Phi) is 4.11. The summed E-state index contributed by atoms with van der Waals surface area (Å²) >= 11 is 0. The molecule has 82 valence electrons. The standard InChI is InChI=1S/C12H22O2/c1-10(2)6-7-11(13)12(3)8-4-5-9-14-12/h10H,4-9H2,1-3H3. The highest BCUT2D eigenvalue weighted by molar-refractivity contribution is 5.86. The summed E-state index contributed by atoms with van der Waals surface area (Å²) in [6.45, 7) is 7.01. The molecule has 0 aromatic rings. The Morgan fingerprint density at radius 2 is 2.14 bits per heavy atom. The smallest absolute Gasteiger partial charge is 0.164 e. The molecular formula is C12H22O2. The van der Waals surface area contributed by atoms with E-state index in [2.05, 4.69) is 13.8 Å². The molecule has 0 spiro atoms. The van der Waals surface area contributed by atoms with Crippen LogP contribution in [0, 0.1) is 5.92 Å². The second kappa shape index (κ2) is 4.92. The van der Waals surface area contributed by atoms with Crippen molar-refractivity contribution in [1.29, 1.82) is 0 Å². The molecule has 2 heteroatoms. The van der Waals surface area contributed by atoms with Crippen LogP contribution < -0.4 is 0 Å². The Balaban J connectivity index is 2.41. The fraction of sp³-hybridized carbons (Fsp3) is 0.917. The van der Waals surface area contributed by atoms with Gasteiger partial charge in [-0.05, 0) is 38.5 Å². The molecule has 1 rings (SSSR count). The van der Waals surface area contributed by atoms with E-state index < -0.39 is 5.60 Å². The molecule has 1 aliphatic heterocycles. The molecule has 1 fully saturated rings. The van der Waals surface area contributed by atoms with Gasteiger partial charge in [0.15, 0.2) is 5.78 Å². The lowest BCUT2D eigenvalue weighted by atomic mass is 9.88. The van der Waals surface area contributed by atoms with E-state index in [0.29, 0.717) is 18.1 Å². The minimum absolute atomic E-state index is 0.297. The van der Waals surface area contributed by atoms with Gasteiger partial charge in [0.05, 0.1) is 0 Å². The van der Waals surface area contributed by atoms with Gasteiger partial charge in [-0.2, -0.15) is 0 Å². The van der Waals surface area contributed by atoms with Gasteiger partial charge in [0.1, 0.15) is 5.60 Å². The Bertz CT molecular complexity index is 190. The van der Waals surface area contributed by atoms with Crippen LogP contribution in [0.15, 0.2) is 0 Å². The zero-order chi connectivity index (χ0) is 10.6. The third-order valence-corrected chi connectivity index (χ3v) is 3.01. The van der Waals surface area contributed by atoms with E-state index in [0.717, 1.165) is 32.3 Å². The van der Waals surface area contributed by atoms with E-state index in [-0.39, 0.29) is 0 Å². The predicted molar refractivity (Wildman–Crippen MR) is 57.3 cm³/mol. The Morgan fingerprint density at radius 1 is 1.43 bits per heavy atom. The second-order valence-corrected chi connectivity index (χ2v) is 4.89. The normalized spacial score (nSPS) is 28.0. The van der Waals surface area contributed by atoms with Crippen LogP contribution in [-0.2, 0) is 9.53 Å². The van der Waals surface area contributed by atoms with Gasteiger partial charge in [-0.3, -0.25) is 4.79 Å². The highest BCUT2D eigenvalue weighted by atomic mass is 16.5. The van der Waals surface area contributed by atoms with Gasteiger partial charge in [-0.1, -0.05) is 13.8 Å². The lowest BCUT2D eigenvalue weighted by Gasteiger charge is -2.32. The molecule has 14 heavy (non-hydrogen) atoms. The molecule has 1 unspecified atom stereocenters. The number of Topliss-reactive ketones (excluding diaryl/α,β-unsaturated/α-hetero) is 1. The van der Waals surface area contributed by atoms with Crippen LogP contribution in [0.5, 0.6) is 0 Å². The Morgan fingerprint density at radius 3 is 2.64 bits per heavy atom. The first-order valence-electron chi connectivity index (χ1n) is 5.72. The third kappa shape index (κ3) is 3.09. The van der Waals surface area contributed by atoms with Gasteiger partial charge in [-0.25, -0.2) is 0 Å². The highest BCUT2D eigenvalue weighted by Gasteiger charge is 2.34. The van der Waals surface area contributed by atoms with E-state index in [4.69, 9.17) is 4.74 Å². The summed E-state index contributed by atoms with van der Waals surface area (Å²) in [5.41, 5.74) is -0.465. The molecule has 1 atom stereocenters. The quantitative estimate of drug-likeness (QED) is 0.694. The largest absolute Gasteiger partial charge is 0.368 e. The van der Waals surface area contributed by atoms with Gasteiger partial charge in [0, 0.05) is 13.0 Å². The summed E-state index contributed by atoms with van der Waals surface area (Å²) in [6.07, 6.45) is 4.80. The molecular weight excluding hydrogens is 176 g/mol. The number of hydrogen-bond acceptors (Lipinski definition) is 2. The summed E-state index contributed by atoms with van der Waals surface area (Å²) in [5.74, 6) is 0.900. The second-order valence-electron chi connectivity index (χ2n) is 4.89. The molecule has 0 radical (unpaired) electrons. The molecule has 0 aromatic heterocycles. The molecule has 1 saturated heterocycles.